The van der Waals surface area contributed by atoms with E-state index in [0.717, 1.165) is 23.9 Å². The molecule has 16 heavy (non-hydrogen) atoms. The van der Waals surface area contributed by atoms with E-state index in [0.29, 0.717) is 0 Å². The fraction of sp³-hybridized carbons (Fsp3) is 1.00. The van der Waals surface area contributed by atoms with E-state index >= 15 is 0 Å². The van der Waals surface area contributed by atoms with E-state index in [1.165, 1.54) is 45.3 Å². The Morgan fingerprint density at radius 3 is 2.50 bits per heavy atom. The van der Waals surface area contributed by atoms with Gasteiger partial charge in [0.15, 0.2) is 0 Å². The lowest BCUT2D eigenvalue weighted by Gasteiger charge is -2.40. The van der Waals surface area contributed by atoms with Gasteiger partial charge in [-0.3, -0.25) is 4.90 Å². The Labute approximate surface area is 101 Å². The lowest BCUT2D eigenvalue weighted by molar-refractivity contribution is 0.106. The molecule has 2 saturated heterocycles. The number of nitrogens with one attached hydrogen (secondary N) is 1. The molecular formula is C14H28N2. The first kappa shape index (κ1) is 12.4. The number of piperidine rings is 2. The molecule has 2 nitrogen and oxygen atoms in total. The van der Waals surface area contributed by atoms with Gasteiger partial charge in [-0.05, 0) is 57.5 Å². The molecule has 94 valence electrons. The lowest BCUT2D eigenvalue weighted by Crippen LogP contribution is -2.50. The summed E-state index contributed by atoms with van der Waals surface area (Å²) in [6, 6.07) is 1.54. The highest BCUT2D eigenvalue weighted by Gasteiger charge is 2.26. The molecule has 2 aliphatic rings. The van der Waals surface area contributed by atoms with Crippen LogP contribution in [0.3, 0.4) is 0 Å². The molecule has 0 amide bonds. The van der Waals surface area contributed by atoms with Gasteiger partial charge >= 0.3 is 0 Å². The molecule has 0 aromatic heterocycles. The van der Waals surface area contributed by atoms with Crippen molar-refractivity contribution in [1.29, 1.82) is 0 Å². The van der Waals surface area contributed by atoms with Crippen molar-refractivity contribution < 1.29 is 0 Å². The van der Waals surface area contributed by atoms with E-state index in [-0.39, 0.29) is 0 Å². The second kappa shape index (κ2) is 5.50. The smallest absolute Gasteiger partial charge is 0.0197 e. The predicted molar refractivity (Wildman–Crippen MR) is 69.6 cm³/mol. The molecule has 2 heteroatoms. The van der Waals surface area contributed by atoms with Crippen LogP contribution in [0.4, 0.5) is 0 Å². The third-order valence-corrected chi connectivity index (χ3v) is 4.49. The molecule has 1 N–H and O–H groups in total. The van der Waals surface area contributed by atoms with Gasteiger partial charge in [-0.2, -0.15) is 0 Å². The summed E-state index contributed by atoms with van der Waals surface area (Å²) in [4.78, 5) is 2.70. The zero-order valence-electron chi connectivity index (χ0n) is 11.2. The lowest BCUT2D eigenvalue weighted by atomic mass is 9.90. The summed E-state index contributed by atoms with van der Waals surface area (Å²) in [7, 11) is 0. The SMILES string of the molecule is CC1CCNC(CN2CCC(C)CC2C)C1. The number of hydrogen-bond acceptors (Lipinski definition) is 2. The van der Waals surface area contributed by atoms with Crippen LogP contribution in [0.2, 0.25) is 0 Å². The number of hydrogen-bond donors (Lipinski definition) is 1. The summed E-state index contributed by atoms with van der Waals surface area (Å²) in [5.74, 6) is 1.86. The van der Waals surface area contributed by atoms with Crippen LogP contribution in [0.5, 0.6) is 0 Å². The second-order valence-electron chi connectivity index (χ2n) is 6.25. The average Bonchev–Trinajstić information content (AvgIpc) is 2.22. The molecule has 2 fully saturated rings. The van der Waals surface area contributed by atoms with E-state index in [9.17, 15) is 0 Å². The minimum atomic E-state index is 0.750. The van der Waals surface area contributed by atoms with E-state index in [4.69, 9.17) is 0 Å². The topological polar surface area (TPSA) is 15.3 Å². The maximum atomic E-state index is 3.69. The first-order chi connectivity index (χ1) is 7.65. The van der Waals surface area contributed by atoms with E-state index in [1.54, 1.807) is 0 Å². The van der Waals surface area contributed by atoms with Crippen molar-refractivity contribution in [3.05, 3.63) is 0 Å². The molecule has 0 spiro atoms. The average molecular weight is 224 g/mol. The first-order valence-electron chi connectivity index (χ1n) is 7.12. The fourth-order valence-corrected chi connectivity index (χ4v) is 3.37. The highest BCUT2D eigenvalue weighted by molar-refractivity contribution is 4.84. The zero-order chi connectivity index (χ0) is 11.5. The standard InChI is InChI=1S/C14H28N2/c1-11-4-6-15-14(9-11)10-16-7-5-12(2)8-13(16)3/h11-15H,4-10H2,1-3H3. The largest absolute Gasteiger partial charge is 0.313 e. The minimum Gasteiger partial charge on any atom is -0.313 e. The molecule has 2 heterocycles. The van der Waals surface area contributed by atoms with Crippen LogP contribution in [0.15, 0.2) is 0 Å². The maximum Gasteiger partial charge on any atom is 0.0197 e. The van der Waals surface area contributed by atoms with Gasteiger partial charge in [0.25, 0.3) is 0 Å². The summed E-state index contributed by atoms with van der Waals surface area (Å²) in [6.07, 6.45) is 5.52. The monoisotopic (exact) mass is 224 g/mol. The van der Waals surface area contributed by atoms with Crippen molar-refractivity contribution in [2.75, 3.05) is 19.6 Å². The molecule has 0 aromatic carbocycles. The summed E-state index contributed by atoms with van der Waals surface area (Å²) >= 11 is 0. The summed E-state index contributed by atoms with van der Waals surface area (Å²) in [5.41, 5.74) is 0. The Morgan fingerprint density at radius 1 is 1.06 bits per heavy atom. The van der Waals surface area contributed by atoms with Gasteiger partial charge in [0.1, 0.15) is 0 Å². The molecular weight excluding hydrogens is 196 g/mol. The number of nitrogens with zero attached hydrogens (tertiary/aromatic N) is 1. The highest BCUT2D eigenvalue weighted by Crippen LogP contribution is 2.24. The molecule has 2 rings (SSSR count). The maximum absolute atomic E-state index is 3.69. The van der Waals surface area contributed by atoms with Crippen LogP contribution in [-0.4, -0.2) is 36.6 Å². The van der Waals surface area contributed by atoms with Crippen LogP contribution in [0, 0.1) is 11.8 Å². The first-order valence-corrected chi connectivity index (χ1v) is 7.12. The van der Waals surface area contributed by atoms with Gasteiger partial charge in [0.2, 0.25) is 0 Å². The molecule has 2 aliphatic heterocycles. The Kier molecular flexibility index (Phi) is 4.26. The molecule has 4 unspecified atom stereocenters. The Morgan fingerprint density at radius 2 is 1.81 bits per heavy atom. The van der Waals surface area contributed by atoms with Gasteiger partial charge in [-0.15, -0.1) is 0 Å². The van der Waals surface area contributed by atoms with Crippen LogP contribution < -0.4 is 5.32 Å². The quantitative estimate of drug-likeness (QED) is 0.775. The second-order valence-corrected chi connectivity index (χ2v) is 6.25. The molecule has 4 atom stereocenters. The molecule has 0 bridgehead atoms. The van der Waals surface area contributed by atoms with Crippen LogP contribution >= 0.6 is 0 Å². The molecule has 0 saturated carbocycles. The summed E-state index contributed by atoms with van der Waals surface area (Å²) in [6.45, 7) is 11.0. The summed E-state index contributed by atoms with van der Waals surface area (Å²) in [5, 5.41) is 3.69. The Bertz CT molecular complexity index is 217. The van der Waals surface area contributed by atoms with Crippen molar-refractivity contribution in [2.45, 2.75) is 58.5 Å². The van der Waals surface area contributed by atoms with E-state index in [1.807, 2.05) is 0 Å². The number of rotatable bonds is 2. The number of likely N-dealkylation sites (tertiary alicyclic amines) is 1. The van der Waals surface area contributed by atoms with Crippen molar-refractivity contribution in [1.82, 2.24) is 10.2 Å². The molecule has 0 radical (unpaired) electrons. The molecule has 0 aromatic rings. The van der Waals surface area contributed by atoms with Gasteiger partial charge in [-0.25, -0.2) is 0 Å². The third kappa shape index (κ3) is 3.21. The van der Waals surface area contributed by atoms with Crippen molar-refractivity contribution in [3.63, 3.8) is 0 Å². The normalized spacial score (nSPS) is 42.2. The summed E-state index contributed by atoms with van der Waals surface area (Å²) < 4.78 is 0. The Balaban J connectivity index is 1.80. The van der Waals surface area contributed by atoms with Gasteiger partial charge in [-0.1, -0.05) is 13.8 Å². The van der Waals surface area contributed by atoms with Gasteiger partial charge in [0, 0.05) is 18.6 Å². The predicted octanol–water partition coefficient (Wildman–Crippen LogP) is 2.49. The van der Waals surface area contributed by atoms with Crippen LogP contribution in [-0.2, 0) is 0 Å². The Hall–Kier alpha value is -0.0800. The van der Waals surface area contributed by atoms with Crippen LogP contribution in [0.1, 0.15) is 46.5 Å². The van der Waals surface area contributed by atoms with Crippen molar-refractivity contribution in [2.24, 2.45) is 11.8 Å². The van der Waals surface area contributed by atoms with Gasteiger partial charge < -0.3 is 5.32 Å². The van der Waals surface area contributed by atoms with Crippen molar-refractivity contribution in [3.8, 4) is 0 Å². The zero-order valence-corrected chi connectivity index (χ0v) is 11.2. The molecule has 0 aliphatic carbocycles. The van der Waals surface area contributed by atoms with Crippen molar-refractivity contribution >= 4 is 0 Å². The van der Waals surface area contributed by atoms with Gasteiger partial charge in [0.05, 0.1) is 0 Å². The third-order valence-electron chi connectivity index (χ3n) is 4.49. The van der Waals surface area contributed by atoms with E-state index < -0.39 is 0 Å². The fourth-order valence-electron chi connectivity index (χ4n) is 3.37. The highest BCUT2D eigenvalue weighted by atomic mass is 15.2. The van der Waals surface area contributed by atoms with Crippen LogP contribution in [0.25, 0.3) is 0 Å². The van der Waals surface area contributed by atoms with E-state index in [2.05, 4.69) is 31.0 Å². The minimum absolute atomic E-state index is 0.750.